The highest BCUT2D eigenvalue weighted by molar-refractivity contribution is 5.42. The molecule has 2 rings (SSSR count). The van der Waals surface area contributed by atoms with Gasteiger partial charge in [-0.3, -0.25) is 4.68 Å². The van der Waals surface area contributed by atoms with Crippen molar-refractivity contribution in [2.75, 3.05) is 11.9 Å². The van der Waals surface area contributed by atoms with Crippen molar-refractivity contribution in [1.82, 2.24) is 14.8 Å². The maximum atomic E-state index is 4.29. The van der Waals surface area contributed by atoms with E-state index in [2.05, 4.69) is 28.4 Å². The van der Waals surface area contributed by atoms with Gasteiger partial charge in [0.15, 0.2) is 0 Å². The molecule has 0 aliphatic heterocycles. The molecule has 0 radical (unpaired) electrons. The standard InChI is InChI=1S/C12H16N4/c1-10-4-3-7-13-12(10)14-8-5-11-6-9-15-16(11)2/h3-4,6-7,9H,5,8H2,1-2H3,(H,13,14). The summed E-state index contributed by atoms with van der Waals surface area (Å²) in [6, 6.07) is 6.04. The van der Waals surface area contributed by atoms with Crippen molar-refractivity contribution >= 4 is 5.82 Å². The lowest BCUT2D eigenvalue weighted by atomic mass is 10.2. The molecule has 0 saturated heterocycles. The molecule has 0 unspecified atom stereocenters. The second-order valence-electron chi connectivity index (χ2n) is 3.79. The Hall–Kier alpha value is -1.84. The van der Waals surface area contributed by atoms with E-state index in [4.69, 9.17) is 0 Å². The predicted molar refractivity (Wildman–Crippen MR) is 64.4 cm³/mol. The van der Waals surface area contributed by atoms with Crippen molar-refractivity contribution in [3.63, 3.8) is 0 Å². The number of nitrogens with zero attached hydrogens (tertiary/aromatic N) is 3. The van der Waals surface area contributed by atoms with Crippen LogP contribution < -0.4 is 5.32 Å². The molecule has 4 heteroatoms. The van der Waals surface area contributed by atoms with Crippen LogP contribution in [0.5, 0.6) is 0 Å². The predicted octanol–water partition coefficient (Wildman–Crippen LogP) is 1.78. The van der Waals surface area contributed by atoms with Gasteiger partial charge in [-0.2, -0.15) is 5.10 Å². The summed E-state index contributed by atoms with van der Waals surface area (Å²) >= 11 is 0. The molecule has 84 valence electrons. The van der Waals surface area contributed by atoms with E-state index in [9.17, 15) is 0 Å². The summed E-state index contributed by atoms with van der Waals surface area (Å²) in [4.78, 5) is 4.29. The van der Waals surface area contributed by atoms with Crippen LogP contribution in [0.15, 0.2) is 30.6 Å². The van der Waals surface area contributed by atoms with E-state index in [1.807, 2.05) is 30.1 Å². The zero-order chi connectivity index (χ0) is 11.4. The van der Waals surface area contributed by atoms with Crippen LogP contribution in [0.4, 0.5) is 5.82 Å². The van der Waals surface area contributed by atoms with E-state index < -0.39 is 0 Å². The quantitative estimate of drug-likeness (QED) is 0.847. The summed E-state index contributed by atoms with van der Waals surface area (Å²) in [5.41, 5.74) is 2.40. The van der Waals surface area contributed by atoms with Crippen LogP contribution in [-0.2, 0) is 13.5 Å². The summed E-state index contributed by atoms with van der Waals surface area (Å²) < 4.78 is 1.90. The Kier molecular flexibility index (Phi) is 3.19. The molecule has 4 nitrogen and oxygen atoms in total. The molecular weight excluding hydrogens is 200 g/mol. The molecule has 0 fully saturated rings. The van der Waals surface area contributed by atoms with Gasteiger partial charge in [0.1, 0.15) is 5.82 Å². The molecule has 0 spiro atoms. The van der Waals surface area contributed by atoms with Gasteiger partial charge in [-0.1, -0.05) is 6.07 Å². The van der Waals surface area contributed by atoms with Gasteiger partial charge in [0.05, 0.1) is 0 Å². The molecule has 0 bridgehead atoms. The summed E-state index contributed by atoms with van der Waals surface area (Å²) in [5, 5.41) is 7.46. The Morgan fingerprint density at radius 3 is 2.88 bits per heavy atom. The average Bonchev–Trinajstić information content (AvgIpc) is 2.67. The molecule has 0 aliphatic rings. The molecule has 16 heavy (non-hydrogen) atoms. The minimum absolute atomic E-state index is 0.872. The van der Waals surface area contributed by atoms with E-state index in [0.29, 0.717) is 0 Å². The molecule has 0 aromatic carbocycles. The van der Waals surface area contributed by atoms with Gasteiger partial charge >= 0.3 is 0 Å². The minimum Gasteiger partial charge on any atom is -0.369 e. The van der Waals surface area contributed by atoms with E-state index in [-0.39, 0.29) is 0 Å². The first-order chi connectivity index (χ1) is 7.77. The van der Waals surface area contributed by atoms with Crippen molar-refractivity contribution < 1.29 is 0 Å². The Bertz CT molecular complexity index is 462. The lowest BCUT2D eigenvalue weighted by Crippen LogP contribution is -2.09. The largest absolute Gasteiger partial charge is 0.369 e. The van der Waals surface area contributed by atoms with Crippen LogP contribution in [0.2, 0.25) is 0 Å². The van der Waals surface area contributed by atoms with Gasteiger partial charge in [-0.25, -0.2) is 4.98 Å². The minimum atomic E-state index is 0.872. The molecule has 2 heterocycles. The van der Waals surface area contributed by atoms with Gasteiger partial charge in [0.2, 0.25) is 0 Å². The molecular formula is C12H16N4. The summed E-state index contributed by atoms with van der Waals surface area (Å²) in [5.74, 6) is 0.963. The Morgan fingerprint density at radius 2 is 2.19 bits per heavy atom. The van der Waals surface area contributed by atoms with Gasteiger partial charge in [-0.15, -0.1) is 0 Å². The summed E-state index contributed by atoms with van der Waals surface area (Å²) in [7, 11) is 1.96. The first kappa shape index (κ1) is 10.7. The lowest BCUT2D eigenvalue weighted by Gasteiger charge is -2.07. The van der Waals surface area contributed by atoms with Crippen LogP contribution in [0.1, 0.15) is 11.3 Å². The zero-order valence-corrected chi connectivity index (χ0v) is 9.64. The summed E-state index contributed by atoms with van der Waals surface area (Å²) in [6.07, 6.45) is 4.58. The number of hydrogen-bond donors (Lipinski definition) is 1. The second kappa shape index (κ2) is 4.79. The maximum Gasteiger partial charge on any atom is 0.128 e. The van der Waals surface area contributed by atoms with E-state index in [0.717, 1.165) is 18.8 Å². The zero-order valence-electron chi connectivity index (χ0n) is 9.64. The topological polar surface area (TPSA) is 42.7 Å². The average molecular weight is 216 g/mol. The van der Waals surface area contributed by atoms with E-state index in [1.165, 1.54) is 11.3 Å². The number of hydrogen-bond acceptors (Lipinski definition) is 3. The number of aromatic nitrogens is 3. The molecule has 0 atom stereocenters. The van der Waals surface area contributed by atoms with Gasteiger partial charge in [0, 0.05) is 38.1 Å². The number of pyridine rings is 1. The van der Waals surface area contributed by atoms with Crippen LogP contribution in [0.25, 0.3) is 0 Å². The van der Waals surface area contributed by atoms with Crippen LogP contribution in [0.3, 0.4) is 0 Å². The molecule has 0 saturated carbocycles. The van der Waals surface area contributed by atoms with Crippen LogP contribution in [-0.4, -0.2) is 21.3 Å². The molecule has 0 aliphatic carbocycles. The molecule has 2 aromatic heterocycles. The van der Waals surface area contributed by atoms with Crippen molar-refractivity contribution in [1.29, 1.82) is 0 Å². The first-order valence-electron chi connectivity index (χ1n) is 5.40. The van der Waals surface area contributed by atoms with Crippen molar-refractivity contribution in [3.8, 4) is 0 Å². The van der Waals surface area contributed by atoms with Gasteiger partial charge < -0.3 is 5.32 Å². The fraction of sp³-hybridized carbons (Fsp3) is 0.333. The third-order valence-electron chi connectivity index (χ3n) is 2.61. The third-order valence-corrected chi connectivity index (χ3v) is 2.61. The number of anilines is 1. The highest BCUT2D eigenvalue weighted by atomic mass is 15.3. The fourth-order valence-electron chi connectivity index (χ4n) is 1.63. The Labute approximate surface area is 95.3 Å². The second-order valence-corrected chi connectivity index (χ2v) is 3.79. The Morgan fingerprint density at radius 1 is 1.31 bits per heavy atom. The van der Waals surface area contributed by atoms with Gasteiger partial charge in [0.25, 0.3) is 0 Å². The molecule has 1 N–H and O–H groups in total. The fourth-order valence-corrected chi connectivity index (χ4v) is 1.63. The smallest absolute Gasteiger partial charge is 0.128 e. The SMILES string of the molecule is Cc1cccnc1NCCc1ccnn1C. The lowest BCUT2D eigenvalue weighted by molar-refractivity contribution is 0.711. The van der Waals surface area contributed by atoms with Crippen molar-refractivity contribution in [3.05, 3.63) is 41.9 Å². The molecule has 0 amide bonds. The number of rotatable bonds is 4. The van der Waals surface area contributed by atoms with E-state index >= 15 is 0 Å². The van der Waals surface area contributed by atoms with Crippen molar-refractivity contribution in [2.45, 2.75) is 13.3 Å². The number of aryl methyl sites for hydroxylation is 2. The van der Waals surface area contributed by atoms with Gasteiger partial charge in [-0.05, 0) is 24.6 Å². The number of nitrogens with one attached hydrogen (secondary N) is 1. The Balaban J connectivity index is 1.89. The highest BCUT2D eigenvalue weighted by Gasteiger charge is 2.00. The summed E-state index contributed by atoms with van der Waals surface area (Å²) in [6.45, 7) is 2.93. The maximum absolute atomic E-state index is 4.29. The van der Waals surface area contributed by atoms with Crippen molar-refractivity contribution in [2.24, 2.45) is 7.05 Å². The highest BCUT2D eigenvalue weighted by Crippen LogP contribution is 2.09. The normalized spacial score (nSPS) is 10.4. The van der Waals surface area contributed by atoms with Crippen LogP contribution >= 0.6 is 0 Å². The van der Waals surface area contributed by atoms with E-state index in [1.54, 1.807) is 6.20 Å². The van der Waals surface area contributed by atoms with Crippen LogP contribution in [0, 0.1) is 6.92 Å². The monoisotopic (exact) mass is 216 g/mol. The molecule has 2 aromatic rings. The first-order valence-corrected chi connectivity index (χ1v) is 5.40. The third kappa shape index (κ3) is 2.39.